The van der Waals surface area contributed by atoms with Gasteiger partial charge in [0, 0.05) is 11.4 Å². The average molecular weight is 269 g/mol. The van der Waals surface area contributed by atoms with E-state index in [4.69, 9.17) is 0 Å². The Labute approximate surface area is 101 Å². The Morgan fingerprint density at radius 3 is 2.29 bits per heavy atom. The van der Waals surface area contributed by atoms with Gasteiger partial charge < -0.3 is 0 Å². The molecular formula is C10H7NO4S2. The van der Waals surface area contributed by atoms with Gasteiger partial charge in [-0.3, -0.25) is 10.1 Å². The fourth-order valence-corrected chi connectivity index (χ4v) is 3.65. The molecule has 0 amide bonds. The first kappa shape index (κ1) is 11.7. The molecule has 2 rings (SSSR count). The van der Waals surface area contributed by atoms with Crippen molar-refractivity contribution in [3.05, 3.63) is 51.9 Å². The van der Waals surface area contributed by atoms with Crippen LogP contribution < -0.4 is 0 Å². The number of hydrogen-bond acceptors (Lipinski definition) is 5. The van der Waals surface area contributed by atoms with E-state index in [0.29, 0.717) is 0 Å². The number of benzene rings is 1. The summed E-state index contributed by atoms with van der Waals surface area (Å²) in [6.07, 6.45) is 0. The molecule has 0 spiro atoms. The number of nitrogens with zero attached hydrogens (tertiary/aromatic N) is 1. The van der Waals surface area contributed by atoms with Crippen LogP contribution in [0.25, 0.3) is 0 Å². The third-order valence-corrected chi connectivity index (χ3v) is 4.88. The quantitative estimate of drug-likeness (QED) is 0.633. The van der Waals surface area contributed by atoms with Crippen molar-refractivity contribution in [1.29, 1.82) is 0 Å². The van der Waals surface area contributed by atoms with Gasteiger partial charge in [-0.15, -0.1) is 0 Å². The minimum Gasteiger partial charge on any atom is -0.258 e. The topological polar surface area (TPSA) is 77.3 Å². The van der Waals surface area contributed by atoms with Crippen LogP contribution in [0.15, 0.2) is 51.6 Å². The molecule has 0 bridgehead atoms. The molecule has 0 N–H and O–H groups in total. The van der Waals surface area contributed by atoms with Gasteiger partial charge in [-0.1, -0.05) is 29.5 Å². The number of nitro groups is 1. The lowest BCUT2D eigenvalue weighted by Gasteiger charge is -1.99. The number of thiophene rings is 1. The molecule has 1 heterocycles. The molecule has 0 fully saturated rings. The Kier molecular flexibility index (Phi) is 2.95. The highest BCUT2D eigenvalue weighted by atomic mass is 32.2. The van der Waals surface area contributed by atoms with E-state index in [0.717, 1.165) is 17.4 Å². The Hall–Kier alpha value is -1.73. The minimum absolute atomic E-state index is 0.0413. The summed E-state index contributed by atoms with van der Waals surface area (Å²) in [7, 11) is -3.65. The molecule has 0 aliphatic carbocycles. The van der Waals surface area contributed by atoms with Crippen molar-refractivity contribution in [2.45, 2.75) is 9.79 Å². The summed E-state index contributed by atoms with van der Waals surface area (Å²) in [6.45, 7) is 0. The van der Waals surface area contributed by atoms with Crippen molar-refractivity contribution >= 4 is 26.2 Å². The van der Waals surface area contributed by atoms with Gasteiger partial charge in [-0.05, 0) is 12.1 Å². The lowest BCUT2D eigenvalue weighted by molar-refractivity contribution is -0.380. The molecule has 0 atom stereocenters. The Morgan fingerprint density at radius 1 is 1.12 bits per heavy atom. The van der Waals surface area contributed by atoms with E-state index in [9.17, 15) is 18.5 Å². The Balaban J connectivity index is 2.49. The second kappa shape index (κ2) is 4.27. The summed E-state index contributed by atoms with van der Waals surface area (Å²) in [6, 6.07) is 8.90. The van der Waals surface area contributed by atoms with Gasteiger partial charge in [0.15, 0.2) is 0 Å². The summed E-state index contributed by atoms with van der Waals surface area (Å²) in [5.74, 6) is 0. The molecular weight excluding hydrogens is 262 g/mol. The third kappa shape index (κ3) is 2.20. The SMILES string of the molecule is O=[N+]([O-])c1cc(S(=O)(=O)c2ccccc2)cs1. The van der Waals surface area contributed by atoms with Crippen molar-refractivity contribution < 1.29 is 13.3 Å². The predicted molar refractivity (Wildman–Crippen MR) is 62.9 cm³/mol. The lowest BCUT2D eigenvalue weighted by Crippen LogP contribution is -1.99. The molecule has 7 heteroatoms. The Morgan fingerprint density at radius 2 is 1.76 bits per heavy atom. The van der Waals surface area contributed by atoms with E-state index in [1.807, 2.05) is 0 Å². The van der Waals surface area contributed by atoms with Crippen molar-refractivity contribution in [1.82, 2.24) is 0 Å². The molecule has 17 heavy (non-hydrogen) atoms. The molecule has 2 aromatic rings. The first-order valence-electron chi connectivity index (χ1n) is 4.55. The van der Waals surface area contributed by atoms with Crippen molar-refractivity contribution in [2.24, 2.45) is 0 Å². The number of hydrogen-bond donors (Lipinski definition) is 0. The van der Waals surface area contributed by atoms with Crippen molar-refractivity contribution in [3.63, 3.8) is 0 Å². The zero-order valence-corrected chi connectivity index (χ0v) is 10.1. The molecule has 0 unspecified atom stereocenters. The standard InChI is InChI=1S/C10H7NO4S2/c12-11(13)10-6-9(7-16-10)17(14,15)8-4-2-1-3-5-8/h1-7H. The number of sulfone groups is 1. The highest BCUT2D eigenvalue weighted by Crippen LogP contribution is 2.29. The third-order valence-electron chi connectivity index (χ3n) is 2.11. The molecule has 0 radical (unpaired) electrons. The van der Waals surface area contributed by atoms with Gasteiger partial charge in [0.25, 0.3) is 0 Å². The minimum atomic E-state index is -3.65. The molecule has 1 aromatic carbocycles. The largest absolute Gasteiger partial charge is 0.325 e. The van der Waals surface area contributed by atoms with E-state index >= 15 is 0 Å². The second-order valence-corrected chi connectivity index (χ2v) is 6.03. The van der Waals surface area contributed by atoms with E-state index in [2.05, 4.69) is 0 Å². The molecule has 0 saturated heterocycles. The van der Waals surface area contributed by atoms with Gasteiger partial charge in [0.2, 0.25) is 9.84 Å². The summed E-state index contributed by atoms with van der Waals surface area (Å²) >= 11 is 0.801. The van der Waals surface area contributed by atoms with Crippen molar-refractivity contribution in [3.8, 4) is 0 Å². The monoisotopic (exact) mass is 269 g/mol. The lowest BCUT2D eigenvalue weighted by atomic mass is 10.4. The maximum absolute atomic E-state index is 12.1. The van der Waals surface area contributed by atoms with E-state index in [-0.39, 0.29) is 14.8 Å². The first-order valence-corrected chi connectivity index (χ1v) is 6.91. The smallest absolute Gasteiger partial charge is 0.258 e. The van der Waals surface area contributed by atoms with E-state index in [1.165, 1.54) is 17.5 Å². The van der Waals surface area contributed by atoms with Gasteiger partial charge in [-0.2, -0.15) is 0 Å². The molecule has 88 valence electrons. The molecule has 0 aliphatic heterocycles. The van der Waals surface area contributed by atoms with E-state index < -0.39 is 14.8 Å². The average Bonchev–Trinajstić information content (AvgIpc) is 2.80. The normalized spacial score (nSPS) is 11.3. The zero-order valence-electron chi connectivity index (χ0n) is 8.44. The zero-order chi connectivity index (χ0) is 12.5. The van der Waals surface area contributed by atoms with Crippen LogP contribution >= 0.6 is 11.3 Å². The van der Waals surface area contributed by atoms with Crippen molar-refractivity contribution in [2.75, 3.05) is 0 Å². The van der Waals surface area contributed by atoms with Crippen LogP contribution in [0.3, 0.4) is 0 Å². The van der Waals surface area contributed by atoms with Crippen LogP contribution in [0.2, 0.25) is 0 Å². The van der Waals surface area contributed by atoms with Gasteiger partial charge in [0.05, 0.1) is 14.7 Å². The highest BCUT2D eigenvalue weighted by molar-refractivity contribution is 7.91. The fraction of sp³-hybridized carbons (Fsp3) is 0. The van der Waals surface area contributed by atoms with Crippen LogP contribution in [0.5, 0.6) is 0 Å². The molecule has 5 nitrogen and oxygen atoms in total. The maximum Gasteiger partial charge on any atom is 0.325 e. The molecule has 0 aliphatic rings. The predicted octanol–water partition coefficient (Wildman–Crippen LogP) is 2.49. The summed E-state index contributed by atoms with van der Waals surface area (Å²) in [5.41, 5.74) is 0. The van der Waals surface area contributed by atoms with Crippen LogP contribution in [0.1, 0.15) is 0 Å². The van der Waals surface area contributed by atoms with Gasteiger partial charge in [-0.25, -0.2) is 8.42 Å². The summed E-state index contributed by atoms with van der Waals surface area (Å²) in [4.78, 5) is 9.99. The van der Waals surface area contributed by atoms with Gasteiger partial charge in [0.1, 0.15) is 0 Å². The van der Waals surface area contributed by atoms with Crippen LogP contribution in [-0.2, 0) is 9.84 Å². The maximum atomic E-state index is 12.1. The van der Waals surface area contributed by atoms with Gasteiger partial charge >= 0.3 is 5.00 Å². The fourth-order valence-electron chi connectivity index (χ4n) is 1.28. The highest BCUT2D eigenvalue weighted by Gasteiger charge is 2.22. The molecule has 1 aromatic heterocycles. The van der Waals surface area contributed by atoms with Crippen LogP contribution in [0.4, 0.5) is 5.00 Å². The van der Waals surface area contributed by atoms with Crippen LogP contribution in [0, 0.1) is 10.1 Å². The molecule has 0 saturated carbocycles. The summed E-state index contributed by atoms with van der Waals surface area (Å²) < 4.78 is 24.1. The summed E-state index contributed by atoms with van der Waals surface area (Å²) in [5, 5.41) is 11.6. The Bertz CT molecular complexity index is 646. The first-order chi connectivity index (χ1) is 8.01. The van der Waals surface area contributed by atoms with Crippen LogP contribution in [-0.4, -0.2) is 13.3 Å². The second-order valence-electron chi connectivity index (χ2n) is 3.19. The number of rotatable bonds is 3. The van der Waals surface area contributed by atoms with E-state index in [1.54, 1.807) is 18.2 Å².